The van der Waals surface area contributed by atoms with E-state index in [0.29, 0.717) is 28.6 Å². The van der Waals surface area contributed by atoms with Crippen LogP contribution in [0.1, 0.15) is 19.5 Å². The van der Waals surface area contributed by atoms with E-state index in [1.165, 1.54) is 12.1 Å². The lowest BCUT2D eigenvalue weighted by atomic mass is 10.1. The topological polar surface area (TPSA) is 76.2 Å². The van der Waals surface area contributed by atoms with Crippen LogP contribution < -0.4 is 0 Å². The fraction of sp³-hybridized carbons (Fsp3) is 0.158. The minimum atomic E-state index is -1.06. The molecule has 27 heavy (non-hydrogen) atoms. The number of aromatic nitrogens is 5. The first-order valence-electron chi connectivity index (χ1n) is 8.19. The lowest BCUT2D eigenvalue weighted by Crippen LogP contribution is -2.18. The Balaban J connectivity index is 1.79. The zero-order valence-corrected chi connectivity index (χ0v) is 15.3. The van der Waals surface area contributed by atoms with E-state index in [9.17, 15) is 9.50 Å². The smallest absolute Gasteiger partial charge is 0.234 e. The monoisotopic (exact) mass is 383 g/mol. The minimum absolute atomic E-state index is 0.0136. The molecule has 0 radical (unpaired) electrons. The zero-order valence-electron chi connectivity index (χ0n) is 14.6. The van der Waals surface area contributed by atoms with Crippen molar-refractivity contribution < 1.29 is 9.50 Å². The quantitative estimate of drug-likeness (QED) is 0.581. The number of nitrogens with zero attached hydrogens (tertiary/aromatic N) is 5. The van der Waals surface area contributed by atoms with Crippen molar-refractivity contribution in [1.82, 2.24) is 24.3 Å². The number of hydrogen-bond donors (Lipinski definition) is 1. The second-order valence-electron chi connectivity index (χ2n) is 6.58. The average Bonchev–Trinajstić information content (AvgIpc) is 3.06. The summed E-state index contributed by atoms with van der Waals surface area (Å²) in [5.74, 6) is 0.382. The van der Waals surface area contributed by atoms with Gasteiger partial charge in [0.1, 0.15) is 11.4 Å². The first-order valence-corrected chi connectivity index (χ1v) is 8.56. The van der Waals surface area contributed by atoms with Crippen LogP contribution in [0.3, 0.4) is 0 Å². The Kier molecular flexibility index (Phi) is 4.13. The van der Waals surface area contributed by atoms with Gasteiger partial charge in [0.15, 0.2) is 5.82 Å². The number of halogens is 2. The van der Waals surface area contributed by atoms with E-state index in [1.807, 2.05) is 0 Å². The molecule has 0 spiro atoms. The highest BCUT2D eigenvalue weighted by atomic mass is 35.5. The van der Waals surface area contributed by atoms with E-state index in [4.69, 9.17) is 11.6 Å². The van der Waals surface area contributed by atoms with Gasteiger partial charge >= 0.3 is 0 Å². The second kappa shape index (κ2) is 6.37. The number of benzene rings is 1. The molecule has 0 aliphatic rings. The van der Waals surface area contributed by atoms with Gasteiger partial charge in [-0.1, -0.05) is 11.6 Å². The van der Waals surface area contributed by atoms with Crippen LogP contribution in [-0.4, -0.2) is 29.4 Å². The summed E-state index contributed by atoms with van der Waals surface area (Å²) in [5, 5.41) is 10.1. The Hall–Kier alpha value is -2.90. The van der Waals surface area contributed by atoms with Gasteiger partial charge in [0.25, 0.3) is 0 Å². The molecular formula is C19H15ClFN5O. The van der Waals surface area contributed by atoms with E-state index in [1.54, 1.807) is 55.0 Å². The van der Waals surface area contributed by atoms with Crippen LogP contribution in [0, 0.1) is 5.82 Å². The van der Waals surface area contributed by atoms with Crippen LogP contribution in [0.25, 0.3) is 28.6 Å². The molecular weight excluding hydrogens is 369 g/mol. The highest BCUT2D eigenvalue weighted by Gasteiger charge is 2.19. The van der Waals surface area contributed by atoms with Crippen LogP contribution in [0.4, 0.5) is 4.39 Å². The molecule has 4 rings (SSSR count). The van der Waals surface area contributed by atoms with Crippen molar-refractivity contribution in [2.75, 3.05) is 0 Å². The highest BCUT2D eigenvalue weighted by molar-refractivity contribution is 6.31. The Morgan fingerprint density at radius 2 is 1.93 bits per heavy atom. The van der Waals surface area contributed by atoms with Crippen molar-refractivity contribution in [2.45, 2.75) is 19.4 Å². The van der Waals surface area contributed by atoms with E-state index in [-0.39, 0.29) is 5.02 Å². The molecule has 0 aliphatic carbocycles. The molecule has 8 heteroatoms. The lowest BCUT2D eigenvalue weighted by molar-refractivity contribution is 0.0739. The molecule has 6 nitrogen and oxygen atoms in total. The summed E-state index contributed by atoms with van der Waals surface area (Å²) < 4.78 is 15.2. The molecule has 3 aromatic heterocycles. The van der Waals surface area contributed by atoms with Crippen LogP contribution in [-0.2, 0) is 5.60 Å². The van der Waals surface area contributed by atoms with Crippen LogP contribution in [0.5, 0.6) is 0 Å². The van der Waals surface area contributed by atoms with E-state index < -0.39 is 11.4 Å². The molecule has 4 aromatic rings. The predicted octanol–water partition coefficient (Wildman–Crippen LogP) is 3.87. The summed E-state index contributed by atoms with van der Waals surface area (Å²) in [7, 11) is 0. The molecule has 1 aromatic carbocycles. The molecule has 0 unspecified atom stereocenters. The van der Waals surface area contributed by atoms with Crippen molar-refractivity contribution in [3.63, 3.8) is 0 Å². The predicted molar refractivity (Wildman–Crippen MR) is 99.7 cm³/mol. The summed E-state index contributed by atoms with van der Waals surface area (Å²) in [5.41, 5.74) is 1.43. The van der Waals surface area contributed by atoms with Gasteiger partial charge in [0, 0.05) is 18.0 Å². The molecule has 0 saturated carbocycles. The average molecular weight is 384 g/mol. The summed E-state index contributed by atoms with van der Waals surface area (Å²) in [6.07, 6.45) is 5.06. The number of fused-ring (bicyclic) bond motifs is 1. The Labute approximate surface area is 159 Å². The van der Waals surface area contributed by atoms with Crippen LogP contribution in [0.2, 0.25) is 5.02 Å². The minimum Gasteiger partial charge on any atom is -0.384 e. The molecule has 0 amide bonds. The third-order valence-electron chi connectivity index (χ3n) is 4.10. The molecule has 136 valence electrons. The molecule has 0 atom stereocenters. The maximum atomic E-state index is 13.4. The van der Waals surface area contributed by atoms with E-state index >= 15 is 0 Å². The molecule has 0 saturated heterocycles. The summed E-state index contributed by atoms with van der Waals surface area (Å²) in [4.78, 5) is 17.5. The fourth-order valence-corrected chi connectivity index (χ4v) is 2.86. The largest absolute Gasteiger partial charge is 0.384 e. The molecule has 3 heterocycles. The van der Waals surface area contributed by atoms with Crippen molar-refractivity contribution >= 4 is 17.4 Å². The molecule has 0 bridgehead atoms. The van der Waals surface area contributed by atoms with Gasteiger partial charge < -0.3 is 5.11 Å². The van der Waals surface area contributed by atoms with Gasteiger partial charge in [0.2, 0.25) is 5.78 Å². The summed E-state index contributed by atoms with van der Waals surface area (Å²) in [6.45, 7) is 3.33. The van der Waals surface area contributed by atoms with Gasteiger partial charge in [-0.15, -0.1) is 0 Å². The van der Waals surface area contributed by atoms with Crippen molar-refractivity contribution in [1.29, 1.82) is 0 Å². The van der Waals surface area contributed by atoms with Crippen molar-refractivity contribution in [3.8, 4) is 22.8 Å². The first kappa shape index (κ1) is 17.5. The highest BCUT2D eigenvalue weighted by Crippen LogP contribution is 2.25. The van der Waals surface area contributed by atoms with Crippen LogP contribution >= 0.6 is 11.6 Å². The van der Waals surface area contributed by atoms with E-state index in [2.05, 4.69) is 19.9 Å². The zero-order chi connectivity index (χ0) is 19.2. The van der Waals surface area contributed by atoms with Crippen LogP contribution in [0.15, 0.2) is 48.9 Å². The summed E-state index contributed by atoms with van der Waals surface area (Å²) in [6, 6.07) is 7.83. The molecule has 1 N–H and O–H groups in total. The normalized spacial score (nSPS) is 11.9. The first-order chi connectivity index (χ1) is 12.8. The number of aliphatic hydroxyl groups is 1. The maximum absolute atomic E-state index is 13.4. The lowest BCUT2D eigenvalue weighted by Gasteiger charge is -2.16. The van der Waals surface area contributed by atoms with E-state index in [0.717, 1.165) is 5.69 Å². The van der Waals surface area contributed by atoms with Gasteiger partial charge in [-0.05, 0) is 44.2 Å². The number of imidazole rings is 1. The number of hydrogen-bond acceptors (Lipinski definition) is 5. The van der Waals surface area contributed by atoms with Gasteiger partial charge in [0.05, 0.1) is 28.3 Å². The third-order valence-corrected chi connectivity index (χ3v) is 4.39. The number of rotatable bonds is 3. The SMILES string of the molecule is CC(C)(O)c1ccn2c(-c3ccnc(-c4ccc(F)c(Cl)c4)n3)cnc2n1. The standard InChI is InChI=1S/C19H15ClFN5O/c1-19(2,27)16-6-8-26-15(10-23-18(26)25-16)14-5-7-22-17(24-14)11-3-4-13(21)12(20)9-11/h3-10,27H,1-2H3. The van der Waals surface area contributed by atoms with Gasteiger partial charge in [-0.2, -0.15) is 0 Å². The molecule has 0 fully saturated rings. The Bertz CT molecular complexity index is 1150. The van der Waals surface area contributed by atoms with Gasteiger partial charge in [-0.25, -0.2) is 24.3 Å². The molecule has 0 aliphatic heterocycles. The Morgan fingerprint density at radius 3 is 2.67 bits per heavy atom. The summed E-state index contributed by atoms with van der Waals surface area (Å²) >= 11 is 5.86. The van der Waals surface area contributed by atoms with Crippen molar-refractivity contribution in [3.05, 3.63) is 65.5 Å². The fourth-order valence-electron chi connectivity index (χ4n) is 2.68. The van der Waals surface area contributed by atoms with Crippen molar-refractivity contribution in [2.24, 2.45) is 0 Å². The third kappa shape index (κ3) is 3.27. The van der Waals surface area contributed by atoms with Gasteiger partial charge in [-0.3, -0.25) is 4.40 Å². The maximum Gasteiger partial charge on any atom is 0.234 e. The second-order valence-corrected chi connectivity index (χ2v) is 6.99. The Morgan fingerprint density at radius 1 is 1.11 bits per heavy atom.